The second kappa shape index (κ2) is 4.35. The van der Waals surface area contributed by atoms with E-state index in [9.17, 15) is 9.70 Å². The number of hydrogen-bond acceptors (Lipinski definition) is 4. The van der Waals surface area contributed by atoms with Crippen molar-refractivity contribution in [1.29, 1.82) is 0 Å². The van der Waals surface area contributed by atoms with E-state index in [0.717, 1.165) is 0 Å². The molecule has 0 saturated carbocycles. The summed E-state index contributed by atoms with van der Waals surface area (Å²) in [6.45, 7) is 0.0742. The number of ether oxygens (including phenoxy) is 1. The Kier molecular flexibility index (Phi) is 3.14. The molecule has 1 rings (SSSR count). The first-order valence-corrected chi connectivity index (χ1v) is 3.74. The van der Waals surface area contributed by atoms with E-state index in [2.05, 4.69) is 9.91 Å². The molecule has 0 N–H and O–H groups in total. The predicted molar refractivity (Wildman–Crippen MR) is 47.3 cm³/mol. The number of benzene rings is 1. The molecule has 0 saturated heterocycles. The van der Waals surface area contributed by atoms with Gasteiger partial charge in [-0.25, -0.2) is 4.79 Å². The second-order valence-electron chi connectivity index (χ2n) is 2.48. The van der Waals surface area contributed by atoms with E-state index in [-0.39, 0.29) is 6.54 Å². The summed E-state index contributed by atoms with van der Waals surface area (Å²) < 4.78 is 4.52. The van der Waals surface area contributed by atoms with Crippen LogP contribution in [0, 0.1) is 4.91 Å². The van der Waals surface area contributed by atoms with Gasteiger partial charge in [0.1, 0.15) is 6.54 Å². The molecule has 0 aliphatic heterocycles. The first kappa shape index (κ1) is 9.38. The topological polar surface area (TPSA) is 55.7 Å². The van der Waals surface area contributed by atoms with Gasteiger partial charge in [0.15, 0.2) is 0 Å². The molecule has 0 radical (unpaired) electrons. The number of carbonyl (C=O) groups is 1. The van der Waals surface area contributed by atoms with Crippen LogP contribution in [0.3, 0.4) is 0 Å². The molecule has 0 spiro atoms. The molecule has 1 aromatic rings. The van der Waals surface area contributed by atoms with Crippen molar-refractivity contribution in [2.45, 2.75) is 6.54 Å². The van der Waals surface area contributed by atoms with Crippen molar-refractivity contribution in [2.75, 3.05) is 7.11 Å². The largest absolute Gasteiger partial charge is 0.465 e. The third kappa shape index (κ3) is 2.37. The molecule has 4 heteroatoms. The third-order valence-electron chi connectivity index (χ3n) is 1.60. The number of carbonyl (C=O) groups excluding carboxylic acids is 1. The molecule has 0 aliphatic carbocycles. The summed E-state index contributed by atoms with van der Waals surface area (Å²) in [6.07, 6.45) is 0. The fourth-order valence-electron chi connectivity index (χ4n) is 0.989. The lowest BCUT2D eigenvalue weighted by Gasteiger charge is -1.99. The fourth-order valence-corrected chi connectivity index (χ4v) is 0.989. The van der Waals surface area contributed by atoms with E-state index in [1.807, 2.05) is 0 Å². The minimum atomic E-state index is -0.409. The Balaban J connectivity index is 2.90. The minimum absolute atomic E-state index is 0.0742. The summed E-state index contributed by atoms with van der Waals surface area (Å²) in [6, 6.07) is 6.63. The molecule has 0 fully saturated rings. The fraction of sp³-hybridized carbons (Fsp3) is 0.222. The van der Waals surface area contributed by atoms with Crippen molar-refractivity contribution >= 4 is 5.97 Å². The van der Waals surface area contributed by atoms with E-state index in [1.54, 1.807) is 24.3 Å². The van der Waals surface area contributed by atoms with Gasteiger partial charge in [-0.2, -0.15) is 4.91 Å². The van der Waals surface area contributed by atoms with E-state index < -0.39 is 5.97 Å². The first-order chi connectivity index (χ1) is 6.27. The van der Waals surface area contributed by atoms with Crippen LogP contribution in [-0.4, -0.2) is 13.1 Å². The molecule has 68 valence electrons. The molecular weight excluding hydrogens is 170 g/mol. The normalized spacial score (nSPS) is 9.31. The van der Waals surface area contributed by atoms with E-state index in [1.165, 1.54) is 7.11 Å². The monoisotopic (exact) mass is 179 g/mol. The summed E-state index contributed by atoms with van der Waals surface area (Å²) in [7, 11) is 1.31. The van der Waals surface area contributed by atoms with Crippen molar-refractivity contribution in [3.8, 4) is 0 Å². The zero-order valence-electron chi connectivity index (χ0n) is 7.19. The quantitative estimate of drug-likeness (QED) is 0.524. The number of rotatable bonds is 3. The first-order valence-electron chi connectivity index (χ1n) is 3.74. The van der Waals surface area contributed by atoms with Gasteiger partial charge < -0.3 is 4.74 Å². The smallest absolute Gasteiger partial charge is 0.337 e. The van der Waals surface area contributed by atoms with E-state index in [4.69, 9.17) is 0 Å². The van der Waals surface area contributed by atoms with Gasteiger partial charge in [0, 0.05) is 0 Å². The highest BCUT2D eigenvalue weighted by Crippen LogP contribution is 2.07. The zero-order valence-corrected chi connectivity index (χ0v) is 7.19. The Morgan fingerprint density at radius 1 is 1.54 bits per heavy atom. The molecule has 0 bridgehead atoms. The maximum atomic E-state index is 11.0. The number of esters is 1. The van der Waals surface area contributed by atoms with Crippen LogP contribution in [0.2, 0.25) is 0 Å². The van der Waals surface area contributed by atoms with Crippen molar-refractivity contribution in [1.82, 2.24) is 0 Å². The van der Waals surface area contributed by atoms with Gasteiger partial charge in [-0.05, 0) is 17.7 Å². The third-order valence-corrected chi connectivity index (χ3v) is 1.60. The minimum Gasteiger partial charge on any atom is -0.465 e. The van der Waals surface area contributed by atoms with Crippen LogP contribution >= 0.6 is 0 Å². The molecule has 0 atom stereocenters. The summed E-state index contributed by atoms with van der Waals surface area (Å²) in [5.74, 6) is -0.409. The average molecular weight is 179 g/mol. The lowest BCUT2D eigenvalue weighted by Crippen LogP contribution is -2.01. The van der Waals surface area contributed by atoms with Gasteiger partial charge in [0.2, 0.25) is 0 Å². The molecule has 1 aromatic carbocycles. The van der Waals surface area contributed by atoms with Crippen LogP contribution in [0.25, 0.3) is 0 Å². The van der Waals surface area contributed by atoms with Gasteiger partial charge in [-0.1, -0.05) is 17.3 Å². The van der Waals surface area contributed by atoms with Gasteiger partial charge in [0.05, 0.1) is 12.7 Å². The zero-order chi connectivity index (χ0) is 9.68. The lowest BCUT2D eigenvalue weighted by atomic mass is 10.1. The molecule has 0 unspecified atom stereocenters. The summed E-state index contributed by atoms with van der Waals surface area (Å²) in [4.78, 5) is 21.0. The Morgan fingerprint density at radius 3 is 2.92 bits per heavy atom. The maximum Gasteiger partial charge on any atom is 0.337 e. The Labute approximate surface area is 75.5 Å². The highest BCUT2D eigenvalue weighted by Gasteiger charge is 2.04. The number of methoxy groups -OCH3 is 1. The average Bonchev–Trinajstić information content (AvgIpc) is 2.18. The van der Waals surface area contributed by atoms with Gasteiger partial charge in [0.25, 0.3) is 0 Å². The van der Waals surface area contributed by atoms with Crippen molar-refractivity contribution in [3.63, 3.8) is 0 Å². The Bertz CT molecular complexity index is 322. The maximum absolute atomic E-state index is 11.0. The van der Waals surface area contributed by atoms with Crippen LogP contribution in [-0.2, 0) is 11.3 Å². The summed E-state index contributed by atoms with van der Waals surface area (Å²) in [5.41, 5.74) is 1.14. The molecule has 0 amide bonds. The van der Waals surface area contributed by atoms with Crippen LogP contribution in [0.1, 0.15) is 15.9 Å². The summed E-state index contributed by atoms with van der Waals surface area (Å²) in [5, 5.41) is 2.73. The highest BCUT2D eigenvalue weighted by atomic mass is 16.5. The Morgan fingerprint density at radius 2 is 2.31 bits per heavy atom. The van der Waals surface area contributed by atoms with Crippen molar-refractivity contribution in [3.05, 3.63) is 40.3 Å². The van der Waals surface area contributed by atoms with Crippen LogP contribution in [0.15, 0.2) is 29.4 Å². The summed E-state index contributed by atoms with van der Waals surface area (Å²) >= 11 is 0. The van der Waals surface area contributed by atoms with Crippen LogP contribution < -0.4 is 0 Å². The number of nitroso groups, excluding NO2 is 1. The number of hydrogen-bond donors (Lipinski definition) is 0. The Hall–Kier alpha value is -1.71. The highest BCUT2D eigenvalue weighted by molar-refractivity contribution is 5.89. The molecule has 0 heterocycles. The molecule has 0 aliphatic rings. The van der Waals surface area contributed by atoms with Gasteiger partial charge in [-0.3, -0.25) is 0 Å². The lowest BCUT2D eigenvalue weighted by molar-refractivity contribution is 0.0600. The standard InChI is InChI=1S/C9H9NO3/c1-13-9(11)8-4-2-3-7(5-8)6-10-12/h2-5H,6H2,1H3. The second-order valence-corrected chi connectivity index (χ2v) is 2.48. The van der Waals surface area contributed by atoms with Crippen molar-refractivity contribution < 1.29 is 9.53 Å². The SMILES string of the molecule is COC(=O)c1cccc(CN=O)c1. The molecule has 4 nitrogen and oxygen atoms in total. The van der Waals surface area contributed by atoms with E-state index >= 15 is 0 Å². The predicted octanol–water partition coefficient (Wildman–Crippen LogP) is 1.74. The molecule has 13 heavy (non-hydrogen) atoms. The molecular formula is C9H9NO3. The van der Waals surface area contributed by atoms with E-state index in [0.29, 0.717) is 11.1 Å². The van der Waals surface area contributed by atoms with Crippen LogP contribution in [0.5, 0.6) is 0 Å². The van der Waals surface area contributed by atoms with Gasteiger partial charge in [-0.15, -0.1) is 0 Å². The number of nitrogens with zero attached hydrogens (tertiary/aromatic N) is 1. The van der Waals surface area contributed by atoms with Crippen LogP contribution in [0.4, 0.5) is 0 Å². The van der Waals surface area contributed by atoms with Crippen molar-refractivity contribution in [2.24, 2.45) is 5.18 Å². The molecule has 0 aromatic heterocycles. The van der Waals surface area contributed by atoms with Gasteiger partial charge >= 0.3 is 5.97 Å².